The third-order valence-corrected chi connectivity index (χ3v) is 5.70. The first-order chi connectivity index (χ1) is 13.4. The van der Waals surface area contributed by atoms with E-state index >= 15 is 0 Å². The smallest absolute Gasteiger partial charge is 0.323 e. The first-order valence-corrected chi connectivity index (χ1v) is 10.1. The molecule has 1 aromatic carbocycles. The van der Waals surface area contributed by atoms with Crippen molar-refractivity contribution in [1.82, 2.24) is 4.90 Å². The summed E-state index contributed by atoms with van der Waals surface area (Å²) < 4.78 is 5.09. The number of hydrogen-bond donors (Lipinski definition) is 0. The van der Waals surface area contributed by atoms with Crippen LogP contribution in [0.4, 0.5) is 0 Å². The van der Waals surface area contributed by atoms with E-state index in [2.05, 4.69) is 66.7 Å². The summed E-state index contributed by atoms with van der Waals surface area (Å²) in [5.41, 5.74) is 4.59. The van der Waals surface area contributed by atoms with E-state index in [1.807, 2.05) is 14.0 Å². The molecule has 0 aliphatic carbocycles. The molecule has 0 saturated carbocycles. The summed E-state index contributed by atoms with van der Waals surface area (Å²) in [6, 6.07) is 8.35. The predicted octanol–water partition coefficient (Wildman–Crippen LogP) is 4.58. The second-order valence-electron chi connectivity index (χ2n) is 7.65. The lowest BCUT2D eigenvalue weighted by Crippen LogP contribution is -2.50. The molecule has 0 aromatic heterocycles. The van der Waals surface area contributed by atoms with Crippen molar-refractivity contribution >= 4 is 11.7 Å². The van der Waals surface area contributed by atoms with Crippen LogP contribution in [0.25, 0.3) is 0 Å². The summed E-state index contributed by atoms with van der Waals surface area (Å²) in [6.45, 7) is 11.3. The van der Waals surface area contributed by atoms with Crippen molar-refractivity contribution in [3.05, 3.63) is 59.7 Å². The molecular formula is C24H34N2O2. The van der Waals surface area contributed by atoms with Gasteiger partial charge in [-0.15, -0.1) is 0 Å². The van der Waals surface area contributed by atoms with Crippen LogP contribution >= 0.6 is 0 Å². The monoisotopic (exact) mass is 382 g/mol. The third-order valence-electron chi connectivity index (χ3n) is 5.70. The highest BCUT2D eigenvalue weighted by Gasteiger charge is 2.34. The molecule has 2 unspecified atom stereocenters. The zero-order valence-corrected chi connectivity index (χ0v) is 17.9. The molecule has 0 spiro atoms. The minimum atomic E-state index is -0.255. The lowest BCUT2D eigenvalue weighted by atomic mass is 9.88. The minimum absolute atomic E-state index is 0.169. The van der Waals surface area contributed by atoms with Crippen molar-refractivity contribution in [1.29, 1.82) is 0 Å². The van der Waals surface area contributed by atoms with Crippen LogP contribution < -0.4 is 0 Å². The zero-order chi connectivity index (χ0) is 20.7. The van der Waals surface area contributed by atoms with Gasteiger partial charge in [0.15, 0.2) is 0 Å². The molecule has 152 valence electrons. The van der Waals surface area contributed by atoms with Crippen molar-refractivity contribution in [2.75, 3.05) is 20.7 Å². The number of esters is 1. The average molecular weight is 383 g/mol. The van der Waals surface area contributed by atoms with Gasteiger partial charge < -0.3 is 4.74 Å². The topological polar surface area (TPSA) is 41.9 Å². The van der Waals surface area contributed by atoms with Gasteiger partial charge >= 0.3 is 5.97 Å². The Labute approximate surface area is 170 Å². The molecule has 2 rings (SSSR count). The van der Waals surface area contributed by atoms with Crippen LogP contribution in [0.5, 0.6) is 0 Å². The van der Waals surface area contributed by atoms with E-state index in [1.165, 1.54) is 18.2 Å². The molecule has 1 aliphatic heterocycles. The minimum Gasteiger partial charge on any atom is -0.468 e. The number of benzene rings is 1. The fraction of sp³-hybridized carbons (Fsp3) is 0.500. The lowest BCUT2D eigenvalue weighted by molar-refractivity contribution is -0.148. The molecule has 3 atom stereocenters. The Morgan fingerprint density at radius 1 is 1.39 bits per heavy atom. The highest BCUT2D eigenvalue weighted by atomic mass is 16.5. The first-order valence-electron chi connectivity index (χ1n) is 10.1. The van der Waals surface area contributed by atoms with Crippen LogP contribution in [0.3, 0.4) is 0 Å². The maximum Gasteiger partial charge on any atom is 0.323 e. The van der Waals surface area contributed by atoms with Crippen molar-refractivity contribution < 1.29 is 9.53 Å². The molecule has 0 saturated heterocycles. The molecule has 4 nitrogen and oxygen atoms in total. The molecule has 28 heavy (non-hydrogen) atoms. The number of carbonyl (C=O) groups excluding carboxylic acids is 1. The number of aryl methyl sites for hydroxylation is 1. The Kier molecular flexibility index (Phi) is 8.18. The highest BCUT2D eigenvalue weighted by molar-refractivity contribution is 6.01. The molecule has 1 aromatic rings. The third kappa shape index (κ3) is 5.20. The Balaban J connectivity index is 2.29. The van der Waals surface area contributed by atoms with Gasteiger partial charge in [0.2, 0.25) is 0 Å². The standard InChI is InChI=1S/C24H34N2O2/c1-7-22(24(27)28-6)26-16-17(2)11-10-14-23(26)19(4)15-21(25-5)20-13-9-8-12-18(20)3/h8-13,19,22-23H,2,7,14-16H2,1,3-6H3/t19?,22?,23-/m1/s1. The number of rotatable bonds is 7. The molecule has 0 fully saturated rings. The van der Waals surface area contributed by atoms with Gasteiger partial charge in [0, 0.05) is 25.3 Å². The van der Waals surface area contributed by atoms with Gasteiger partial charge in [0.25, 0.3) is 0 Å². The van der Waals surface area contributed by atoms with E-state index in [1.54, 1.807) is 0 Å². The van der Waals surface area contributed by atoms with Gasteiger partial charge in [0.1, 0.15) is 6.04 Å². The fourth-order valence-corrected chi connectivity index (χ4v) is 4.15. The van der Waals surface area contributed by atoms with E-state index in [4.69, 9.17) is 4.74 Å². The second-order valence-corrected chi connectivity index (χ2v) is 7.65. The number of aliphatic imine (C=N–C) groups is 1. The van der Waals surface area contributed by atoms with E-state index in [0.29, 0.717) is 12.5 Å². The maximum atomic E-state index is 12.4. The van der Waals surface area contributed by atoms with Crippen molar-refractivity contribution in [3.8, 4) is 0 Å². The van der Waals surface area contributed by atoms with Gasteiger partial charge in [-0.25, -0.2) is 0 Å². The lowest BCUT2D eigenvalue weighted by Gasteiger charge is -2.38. The molecule has 1 heterocycles. The fourth-order valence-electron chi connectivity index (χ4n) is 4.15. The van der Waals surface area contributed by atoms with E-state index in [9.17, 15) is 4.79 Å². The van der Waals surface area contributed by atoms with E-state index < -0.39 is 0 Å². The van der Waals surface area contributed by atoms with Crippen molar-refractivity contribution in [2.24, 2.45) is 10.9 Å². The Morgan fingerprint density at radius 3 is 2.71 bits per heavy atom. The number of ether oxygens (including phenoxy) is 1. The van der Waals surface area contributed by atoms with Crippen molar-refractivity contribution in [2.45, 2.75) is 52.1 Å². The summed E-state index contributed by atoms with van der Waals surface area (Å²) in [7, 11) is 3.33. The predicted molar refractivity (Wildman–Crippen MR) is 117 cm³/mol. The van der Waals surface area contributed by atoms with Crippen molar-refractivity contribution in [3.63, 3.8) is 0 Å². The number of methoxy groups -OCH3 is 1. The molecule has 0 bridgehead atoms. The van der Waals surface area contributed by atoms with Gasteiger partial charge in [-0.1, -0.05) is 56.8 Å². The summed E-state index contributed by atoms with van der Waals surface area (Å²) in [5, 5.41) is 0. The van der Waals surface area contributed by atoms with Crippen LogP contribution in [0.2, 0.25) is 0 Å². The molecule has 0 amide bonds. The average Bonchev–Trinajstić information content (AvgIpc) is 2.88. The van der Waals surface area contributed by atoms with Crippen LogP contribution in [0, 0.1) is 12.8 Å². The molecule has 0 radical (unpaired) electrons. The van der Waals surface area contributed by atoms with Gasteiger partial charge in [-0.3, -0.25) is 14.7 Å². The number of hydrogen-bond acceptors (Lipinski definition) is 4. The van der Waals surface area contributed by atoms with E-state index in [0.717, 1.165) is 30.5 Å². The van der Waals surface area contributed by atoms with Gasteiger partial charge in [0.05, 0.1) is 7.11 Å². The molecule has 0 N–H and O–H groups in total. The summed E-state index contributed by atoms with van der Waals surface area (Å²) in [5.74, 6) is 0.158. The Hall–Kier alpha value is -2.20. The summed E-state index contributed by atoms with van der Waals surface area (Å²) in [4.78, 5) is 19.3. The van der Waals surface area contributed by atoms with Gasteiger partial charge in [-0.05, 0) is 48.8 Å². The summed E-state index contributed by atoms with van der Waals surface area (Å²) >= 11 is 0. The molecule has 1 aliphatic rings. The quantitative estimate of drug-likeness (QED) is 0.512. The van der Waals surface area contributed by atoms with Crippen LogP contribution in [-0.4, -0.2) is 49.4 Å². The normalized spacial score (nSPS) is 20.5. The van der Waals surface area contributed by atoms with Gasteiger partial charge in [-0.2, -0.15) is 0 Å². The Bertz CT molecular complexity index is 751. The van der Waals surface area contributed by atoms with Crippen LogP contribution in [0.15, 0.2) is 53.6 Å². The Morgan fingerprint density at radius 2 is 2.11 bits per heavy atom. The van der Waals surface area contributed by atoms with Crippen LogP contribution in [-0.2, 0) is 9.53 Å². The number of carbonyl (C=O) groups is 1. The highest BCUT2D eigenvalue weighted by Crippen LogP contribution is 2.28. The van der Waals surface area contributed by atoms with E-state index in [-0.39, 0.29) is 18.1 Å². The SMILES string of the molecule is C=C1C=CC[C@H](C(C)CC(=NC)c2ccccc2C)N(C(CC)C(=O)OC)C1. The second kappa shape index (κ2) is 10.4. The first kappa shape index (κ1) is 22.1. The largest absolute Gasteiger partial charge is 0.468 e. The maximum absolute atomic E-state index is 12.4. The summed E-state index contributed by atoms with van der Waals surface area (Å²) in [6.07, 6.45) is 6.73. The number of nitrogens with zero attached hydrogens (tertiary/aromatic N) is 2. The van der Waals surface area contributed by atoms with Crippen LogP contribution in [0.1, 0.15) is 44.2 Å². The molecule has 4 heteroatoms. The zero-order valence-electron chi connectivity index (χ0n) is 17.9. The molecular weight excluding hydrogens is 348 g/mol.